The van der Waals surface area contributed by atoms with Gasteiger partial charge in [-0.3, -0.25) is 5.10 Å². The molecule has 0 bridgehead atoms. The second-order valence-electron chi connectivity index (χ2n) is 9.19. The summed E-state index contributed by atoms with van der Waals surface area (Å²) in [7, 11) is -2.17. The number of sulfonamides is 1. The number of benzene rings is 2. The molecule has 1 aliphatic heterocycles. The summed E-state index contributed by atoms with van der Waals surface area (Å²) in [4.78, 5) is 4.55. The maximum atomic E-state index is 13.4. The summed E-state index contributed by atoms with van der Waals surface area (Å²) >= 11 is 0. The fourth-order valence-electron chi connectivity index (χ4n) is 3.74. The summed E-state index contributed by atoms with van der Waals surface area (Å²) in [6, 6.07) is 12.9. The average Bonchev–Trinajstić information content (AvgIpc) is 3.35. The van der Waals surface area contributed by atoms with Gasteiger partial charge in [-0.05, 0) is 62.7 Å². The molecule has 4 aromatic rings. The number of halogens is 2. The molecule has 0 spiro atoms. The number of fused-ring (bicyclic) bond motifs is 2. The van der Waals surface area contributed by atoms with Gasteiger partial charge in [-0.15, -0.1) is 8.78 Å². The van der Waals surface area contributed by atoms with Crippen LogP contribution in [0, 0.1) is 0 Å². The lowest BCUT2D eigenvalue weighted by Gasteiger charge is -2.31. The molecule has 0 amide bonds. The highest BCUT2D eigenvalue weighted by atomic mass is 32.2. The van der Waals surface area contributed by atoms with Gasteiger partial charge < -0.3 is 9.47 Å². The lowest BCUT2D eigenvalue weighted by molar-refractivity contribution is -0.286. The molecule has 1 N–H and O–H groups in total. The van der Waals surface area contributed by atoms with Crippen molar-refractivity contribution in [1.29, 1.82) is 0 Å². The Balaban J connectivity index is 1.55. The Hall–Kier alpha value is -3.57. The molecule has 182 valence electrons. The Morgan fingerprint density at radius 1 is 0.971 bits per heavy atom. The van der Waals surface area contributed by atoms with Gasteiger partial charge in [0.05, 0.1) is 10.6 Å². The van der Waals surface area contributed by atoms with E-state index in [1.54, 1.807) is 43.6 Å². The topological polar surface area (TPSA) is 97.4 Å². The fourth-order valence-corrected chi connectivity index (χ4v) is 5.30. The molecular weight excluding hydrogens is 478 g/mol. The minimum absolute atomic E-state index is 0.0559. The molecule has 35 heavy (non-hydrogen) atoms. The number of hydrogen-bond acceptors (Lipinski definition) is 6. The number of pyridine rings is 1. The Kier molecular flexibility index (Phi) is 5.11. The monoisotopic (exact) mass is 500 g/mol. The zero-order valence-electron chi connectivity index (χ0n) is 19.3. The molecule has 3 heterocycles. The third-order valence-corrected chi connectivity index (χ3v) is 7.99. The molecule has 1 aliphatic rings. The zero-order chi connectivity index (χ0) is 25.2. The van der Waals surface area contributed by atoms with E-state index in [9.17, 15) is 17.2 Å². The molecular formula is C24H22F2N4O4S. The Morgan fingerprint density at radius 2 is 1.71 bits per heavy atom. The minimum Gasteiger partial charge on any atom is -0.395 e. The zero-order valence-corrected chi connectivity index (χ0v) is 20.2. The molecule has 0 saturated carbocycles. The van der Waals surface area contributed by atoms with Crippen molar-refractivity contribution in [3.63, 3.8) is 0 Å². The van der Waals surface area contributed by atoms with Crippen LogP contribution in [0.3, 0.4) is 0 Å². The van der Waals surface area contributed by atoms with Gasteiger partial charge in [-0.25, -0.2) is 13.4 Å². The Morgan fingerprint density at radius 3 is 2.46 bits per heavy atom. The van der Waals surface area contributed by atoms with Gasteiger partial charge in [0, 0.05) is 35.3 Å². The first-order valence-electron chi connectivity index (χ1n) is 10.7. The van der Waals surface area contributed by atoms with Crippen LogP contribution < -0.4 is 9.47 Å². The van der Waals surface area contributed by atoms with Gasteiger partial charge in [-0.2, -0.15) is 9.40 Å². The van der Waals surface area contributed by atoms with Crippen molar-refractivity contribution in [2.24, 2.45) is 0 Å². The van der Waals surface area contributed by atoms with Gasteiger partial charge in [0.15, 0.2) is 17.1 Å². The summed E-state index contributed by atoms with van der Waals surface area (Å²) in [5, 5.41) is 7.72. The third kappa shape index (κ3) is 4.10. The number of alkyl halides is 2. The van der Waals surface area contributed by atoms with Crippen molar-refractivity contribution >= 4 is 21.1 Å². The quantitative estimate of drug-likeness (QED) is 0.422. The molecule has 2 aromatic heterocycles. The maximum Gasteiger partial charge on any atom is 0.586 e. The molecule has 0 aliphatic carbocycles. The van der Waals surface area contributed by atoms with Crippen LogP contribution >= 0.6 is 0 Å². The van der Waals surface area contributed by atoms with Crippen molar-refractivity contribution in [3.05, 3.63) is 54.7 Å². The van der Waals surface area contributed by atoms with Crippen LogP contribution in [-0.2, 0) is 10.0 Å². The van der Waals surface area contributed by atoms with Gasteiger partial charge in [0.25, 0.3) is 0 Å². The van der Waals surface area contributed by atoms with E-state index in [1.165, 1.54) is 16.4 Å². The number of ether oxygens (including phenoxy) is 2. The molecule has 0 atom stereocenters. The van der Waals surface area contributed by atoms with Gasteiger partial charge in [0.1, 0.15) is 0 Å². The molecule has 0 fully saturated rings. The SMILES string of the molecule is CN(C(C)(C)C)S(=O)(=O)c1cccc(-c2cnc3n[nH]c(-c4ccc5c(c4)OC(F)(F)O5)c3c2)c1. The Labute approximate surface area is 200 Å². The predicted octanol–water partition coefficient (Wildman–Crippen LogP) is 5.03. The second-order valence-corrected chi connectivity index (χ2v) is 11.2. The number of nitrogens with one attached hydrogen (secondary N) is 1. The largest absolute Gasteiger partial charge is 0.586 e. The highest BCUT2D eigenvalue weighted by molar-refractivity contribution is 7.89. The van der Waals surface area contributed by atoms with E-state index in [0.717, 1.165) is 0 Å². The molecule has 0 radical (unpaired) electrons. The van der Waals surface area contributed by atoms with Crippen molar-refractivity contribution in [2.45, 2.75) is 37.5 Å². The van der Waals surface area contributed by atoms with E-state index in [4.69, 9.17) is 0 Å². The normalized spacial score (nSPS) is 15.2. The first kappa shape index (κ1) is 23.2. The number of aromatic amines is 1. The minimum atomic E-state index is -3.72. The maximum absolute atomic E-state index is 13.4. The van der Waals surface area contributed by atoms with E-state index < -0.39 is 21.9 Å². The number of nitrogens with zero attached hydrogens (tertiary/aromatic N) is 3. The summed E-state index contributed by atoms with van der Waals surface area (Å²) in [5.41, 5.74) is 2.25. The number of aromatic nitrogens is 3. The predicted molar refractivity (Wildman–Crippen MR) is 126 cm³/mol. The molecule has 0 unspecified atom stereocenters. The summed E-state index contributed by atoms with van der Waals surface area (Å²) in [5.74, 6) is -0.139. The fraction of sp³-hybridized carbons (Fsp3) is 0.250. The summed E-state index contributed by atoms with van der Waals surface area (Å²) in [6.45, 7) is 5.47. The highest BCUT2D eigenvalue weighted by Crippen LogP contribution is 2.43. The van der Waals surface area contributed by atoms with Crippen LogP contribution in [0.15, 0.2) is 59.6 Å². The third-order valence-electron chi connectivity index (χ3n) is 5.87. The molecule has 11 heteroatoms. The van der Waals surface area contributed by atoms with E-state index in [-0.39, 0.29) is 16.4 Å². The lowest BCUT2D eigenvalue weighted by Crippen LogP contribution is -2.42. The van der Waals surface area contributed by atoms with Crippen LogP contribution in [0.5, 0.6) is 11.5 Å². The van der Waals surface area contributed by atoms with Crippen LogP contribution in [0.2, 0.25) is 0 Å². The summed E-state index contributed by atoms with van der Waals surface area (Å²) in [6.07, 6.45) is -2.11. The van der Waals surface area contributed by atoms with E-state index in [1.807, 2.05) is 26.8 Å². The smallest absolute Gasteiger partial charge is 0.395 e. The molecule has 5 rings (SSSR count). The molecule has 2 aromatic carbocycles. The molecule has 8 nitrogen and oxygen atoms in total. The summed E-state index contributed by atoms with van der Waals surface area (Å²) < 4.78 is 63.4. The Bertz CT molecular complexity index is 1560. The average molecular weight is 501 g/mol. The lowest BCUT2D eigenvalue weighted by atomic mass is 10.0. The van der Waals surface area contributed by atoms with Gasteiger partial charge >= 0.3 is 6.29 Å². The van der Waals surface area contributed by atoms with Crippen molar-refractivity contribution in [3.8, 4) is 33.9 Å². The van der Waals surface area contributed by atoms with Gasteiger partial charge in [-0.1, -0.05) is 12.1 Å². The second kappa shape index (κ2) is 7.72. The standard InChI is InChI=1S/C24H22F2N4O4S/c1-23(2,3)30(4)35(31,32)17-7-5-6-14(10-17)16-11-18-21(28-29-22(18)27-13-16)15-8-9-19-20(12-15)34-24(25,26)33-19/h5-13H,1-4H3,(H,27,28,29). The first-order chi connectivity index (χ1) is 16.3. The van der Waals surface area contributed by atoms with Crippen molar-refractivity contribution in [1.82, 2.24) is 19.5 Å². The van der Waals surface area contributed by atoms with Crippen LogP contribution in [0.25, 0.3) is 33.4 Å². The highest BCUT2D eigenvalue weighted by Gasteiger charge is 2.43. The van der Waals surface area contributed by atoms with E-state index in [0.29, 0.717) is 33.4 Å². The van der Waals surface area contributed by atoms with E-state index in [2.05, 4.69) is 24.7 Å². The van der Waals surface area contributed by atoms with E-state index >= 15 is 0 Å². The number of H-pyrrole nitrogens is 1. The van der Waals surface area contributed by atoms with Crippen LogP contribution in [0.4, 0.5) is 8.78 Å². The number of hydrogen-bond donors (Lipinski definition) is 1. The van der Waals surface area contributed by atoms with Crippen molar-refractivity contribution in [2.75, 3.05) is 7.05 Å². The van der Waals surface area contributed by atoms with Crippen molar-refractivity contribution < 1.29 is 26.7 Å². The first-order valence-corrected chi connectivity index (χ1v) is 12.1. The van der Waals surface area contributed by atoms with Crippen LogP contribution in [0.1, 0.15) is 20.8 Å². The number of rotatable bonds is 4. The van der Waals surface area contributed by atoms with Crippen LogP contribution in [-0.4, -0.2) is 46.8 Å². The molecule has 0 saturated heterocycles. The van der Waals surface area contributed by atoms with Gasteiger partial charge in [0.2, 0.25) is 10.0 Å².